The van der Waals surface area contributed by atoms with Gasteiger partial charge in [0.05, 0.1) is 47.2 Å². The molecule has 1 aliphatic heterocycles. The Kier molecular flexibility index (Phi) is 4.69. The molecule has 0 amide bonds. The van der Waals surface area contributed by atoms with E-state index in [0.29, 0.717) is 24.4 Å². The van der Waals surface area contributed by atoms with Gasteiger partial charge in [0.25, 0.3) is 0 Å². The lowest BCUT2D eigenvalue weighted by Crippen LogP contribution is -2.31. The topological polar surface area (TPSA) is 79.1 Å². The summed E-state index contributed by atoms with van der Waals surface area (Å²) in [4.78, 5) is 25.3. The number of carbonyl (C=O) groups is 1. The van der Waals surface area contributed by atoms with Gasteiger partial charge in [0.2, 0.25) is 0 Å². The van der Waals surface area contributed by atoms with Gasteiger partial charge in [-0.25, -0.2) is 19.7 Å². The van der Waals surface area contributed by atoms with Crippen molar-refractivity contribution in [3.8, 4) is 0 Å². The van der Waals surface area contributed by atoms with Gasteiger partial charge >= 0.3 is 5.97 Å². The third kappa shape index (κ3) is 3.34. The number of hydrogen-bond donors (Lipinski definition) is 0. The molecule has 1 fully saturated rings. The van der Waals surface area contributed by atoms with E-state index in [1.807, 2.05) is 12.1 Å². The molecule has 8 heteroatoms. The maximum Gasteiger partial charge on any atom is 0.337 e. The van der Waals surface area contributed by atoms with Gasteiger partial charge in [0.15, 0.2) is 0 Å². The second-order valence-electron chi connectivity index (χ2n) is 6.11. The molecule has 7 nitrogen and oxygen atoms in total. The van der Waals surface area contributed by atoms with E-state index < -0.39 is 0 Å². The molecule has 1 aliphatic rings. The number of rotatable bonds is 5. The smallest absolute Gasteiger partial charge is 0.337 e. The highest BCUT2D eigenvalue weighted by Crippen LogP contribution is 2.23. The van der Waals surface area contributed by atoms with Crippen LogP contribution in [0, 0.1) is 0 Å². The molecule has 134 valence electrons. The van der Waals surface area contributed by atoms with Crippen molar-refractivity contribution in [1.82, 2.24) is 19.5 Å². The van der Waals surface area contributed by atoms with Gasteiger partial charge in [-0.2, -0.15) is 0 Å². The fourth-order valence-electron chi connectivity index (χ4n) is 2.96. The van der Waals surface area contributed by atoms with Crippen molar-refractivity contribution in [2.75, 3.05) is 13.7 Å². The largest absolute Gasteiger partial charge is 0.465 e. The lowest BCUT2D eigenvalue weighted by atomic mass is 10.1. The molecule has 2 aromatic heterocycles. The summed E-state index contributed by atoms with van der Waals surface area (Å²) in [6.45, 7) is 1.48. The third-order valence-corrected chi connectivity index (χ3v) is 4.83. The number of imidazole rings is 1. The first-order valence-corrected chi connectivity index (χ1v) is 9.09. The highest BCUT2D eigenvalue weighted by Gasteiger charge is 2.23. The molecular weight excluding hydrogens is 400 g/mol. The molecule has 0 radical (unpaired) electrons. The zero-order valence-electron chi connectivity index (χ0n) is 14.2. The Hall–Kier alpha value is -2.32. The van der Waals surface area contributed by atoms with Crippen LogP contribution < -0.4 is 0 Å². The first kappa shape index (κ1) is 17.1. The summed E-state index contributed by atoms with van der Waals surface area (Å²) in [6, 6.07) is 5.38. The number of carbonyl (C=O) groups excluding carboxylic acids is 1. The van der Waals surface area contributed by atoms with Crippen LogP contribution in [0.5, 0.6) is 0 Å². The molecule has 0 saturated carbocycles. The summed E-state index contributed by atoms with van der Waals surface area (Å²) < 4.78 is 13.4. The Labute approximate surface area is 158 Å². The van der Waals surface area contributed by atoms with E-state index in [9.17, 15) is 4.79 Å². The average molecular weight is 417 g/mol. The molecule has 0 unspecified atom stereocenters. The molecule has 1 atom stereocenters. The molecule has 3 heterocycles. The fourth-order valence-corrected chi connectivity index (χ4v) is 3.16. The molecule has 1 saturated heterocycles. The molecule has 3 aromatic rings. The molecule has 0 spiro atoms. The number of halogens is 1. The third-order valence-electron chi connectivity index (χ3n) is 4.42. The van der Waals surface area contributed by atoms with Gasteiger partial charge in [-0.3, -0.25) is 0 Å². The number of aromatic nitrogens is 4. The lowest BCUT2D eigenvalue weighted by molar-refractivity contribution is -0.0589. The second kappa shape index (κ2) is 7.13. The van der Waals surface area contributed by atoms with E-state index in [1.54, 1.807) is 18.5 Å². The van der Waals surface area contributed by atoms with Gasteiger partial charge in [-0.05, 0) is 40.5 Å². The fraction of sp³-hybridized carbons (Fsp3) is 0.333. The van der Waals surface area contributed by atoms with E-state index in [2.05, 4.69) is 30.5 Å². The van der Waals surface area contributed by atoms with Crippen molar-refractivity contribution < 1.29 is 14.3 Å². The zero-order chi connectivity index (χ0) is 18.1. The number of methoxy groups -OCH3 is 1. The number of ether oxygens (including phenoxy) is 2. The Morgan fingerprint density at radius 2 is 2.15 bits per heavy atom. The van der Waals surface area contributed by atoms with E-state index in [-0.39, 0.29) is 12.1 Å². The Morgan fingerprint density at radius 1 is 1.38 bits per heavy atom. The van der Waals surface area contributed by atoms with Gasteiger partial charge in [0.1, 0.15) is 11.6 Å². The van der Waals surface area contributed by atoms with Gasteiger partial charge in [0, 0.05) is 19.0 Å². The van der Waals surface area contributed by atoms with E-state index in [0.717, 1.165) is 34.4 Å². The minimum atomic E-state index is -0.364. The summed E-state index contributed by atoms with van der Waals surface area (Å²) in [6.07, 6.45) is 5.13. The van der Waals surface area contributed by atoms with Crippen LogP contribution in [0.3, 0.4) is 0 Å². The maximum absolute atomic E-state index is 11.9. The number of benzene rings is 1. The Balaban J connectivity index is 1.75. The normalized spacial score (nSPS) is 16.5. The number of nitrogens with zero attached hydrogens (tertiary/aromatic N) is 4. The average Bonchev–Trinajstić information content (AvgIpc) is 2.95. The van der Waals surface area contributed by atoms with Crippen LogP contribution in [-0.4, -0.2) is 45.3 Å². The molecule has 26 heavy (non-hydrogen) atoms. The standard InChI is InChI=1S/C18H17BrN4O3/c1-25-18(24)11-2-3-14-15(6-11)23(10-13-4-5-26-13)17(22-14)7-16-20-8-12(19)9-21-16/h2-3,6,8-9,13H,4-5,7,10H2,1H3/t13-/m0/s1. The van der Waals surface area contributed by atoms with E-state index in [4.69, 9.17) is 14.5 Å². The van der Waals surface area contributed by atoms with Gasteiger partial charge in [-0.15, -0.1) is 0 Å². The van der Waals surface area contributed by atoms with Gasteiger partial charge < -0.3 is 14.0 Å². The summed E-state index contributed by atoms with van der Waals surface area (Å²) >= 11 is 3.35. The first-order chi connectivity index (χ1) is 12.6. The van der Waals surface area contributed by atoms with Crippen LogP contribution in [0.2, 0.25) is 0 Å². The van der Waals surface area contributed by atoms with E-state index >= 15 is 0 Å². The number of hydrogen-bond acceptors (Lipinski definition) is 6. The van der Waals surface area contributed by atoms with Crippen molar-refractivity contribution in [1.29, 1.82) is 0 Å². The van der Waals surface area contributed by atoms with Crippen LogP contribution in [0.1, 0.15) is 28.4 Å². The van der Waals surface area contributed by atoms with Crippen LogP contribution in [-0.2, 0) is 22.4 Å². The Morgan fingerprint density at radius 3 is 2.81 bits per heavy atom. The predicted octanol–water partition coefficient (Wildman–Crippen LogP) is 2.76. The van der Waals surface area contributed by atoms with Crippen molar-refractivity contribution in [3.05, 3.63) is 52.3 Å². The monoisotopic (exact) mass is 416 g/mol. The van der Waals surface area contributed by atoms with Gasteiger partial charge in [-0.1, -0.05) is 0 Å². The highest BCUT2D eigenvalue weighted by molar-refractivity contribution is 9.10. The van der Waals surface area contributed by atoms with Crippen LogP contribution in [0.15, 0.2) is 35.1 Å². The van der Waals surface area contributed by atoms with Crippen LogP contribution in [0.4, 0.5) is 0 Å². The molecule has 4 rings (SSSR count). The minimum Gasteiger partial charge on any atom is -0.465 e. The lowest BCUT2D eigenvalue weighted by Gasteiger charge is -2.27. The quantitative estimate of drug-likeness (QED) is 0.594. The Bertz CT molecular complexity index is 951. The number of fused-ring (bicyclic) bond motifs is 1. The van der Waals surface area contributed by atoms with E-state index in [1.165, 1.54) is 7.11 Å². The predicted molar refractivity (Wildman–Crippen MR) is 98.0 cm³/mol. The molecule has 0 bridgehead atoms. The highest BCUT2D eigenvalue weighted by atomic mass is 79.9. The molecule has 0 N–H and O–H groups in total. The maximum atomic E-state index is 11.9. The zero-order valence-corrected chi connectivity index (χ0v) is 15.8. The minimum absolute atomic E-state index is 0.166. The van der Waals surface area contributed by atoms with Crippen LogP contribution >= 0.6 is 15.9 Å². The van der Waals surface area contributed by atoms with Crippen molar-refractivity contribution >= 4 is 32.9 Å². The van der Waals surface area contributed by atoms with Crippen molar-refractivity contribution in [2.24, 2.45) is 0 Å². The second-order valence-corrected chi connectivity index (χ2v) is 7.03. The summed E-state index contributed by atoms with van der Waals surface area (Å²) in [5, 5.41) is 0. The van der Waals surface area contributed by atoms with Crippen molar-refractivity contribution in [2.45, 2.75) is 25.5 Å². The summed E-state index contributed by atoms with van der Waals surface area (Å²) in [5.41, 5.74) is 2.21. The molecule has 1 aromatic carbocycles. The summed E-state index contributed by atoms with van der Waals surface area (Å²) in [7, 11) is 1.38. The first-order valence-electron chi connectivity index (χ1n) is 8.29. The van der Waals surface area contributed by atoms with Crippen molar-refractivity contribution in [3.63, 3.8) is 0 Å². The summed E-state index contributed by atoms with van der Waals surface area (Å²) in [5.74, 6) is 1.17. The molecule has 0 aliphatic carbocycles. The van der Waals surface area contributed by atoms with Crippen LogP contribution in [0.25, 0.3) is 11.0 Å². The number of esters is 1. The molecular formula is C18H17BrN4O3. The SMILES string of the molecule is COC(=O)c1ccc2nc(Cc3ncc(Br)cn3)n(C[C@@H]3CCO3)c2c1.